The van der Waals surface area contributed by atoms with Crippen molar-refractivity contribution in [3.05, 3.63) is 64.1 Å². The molecule has 0 saturated heterocycles. The van der Waals surface area contributed by atoms with E-state index in [4.69, 9.17) is 0 Å². The quantitative estimate of drug-likeness (QED) is 0.375. The second-order valence-electron chi connectivity index (χ2n) is 5.66. The van der Waals surface area contributed by atoms with Crippen LogP contribution in [0.15, 0.2) is 52.4 Å². The Bertz CT molecular complexity index is 1100. The summed E-state index contributed by atoms with van der Waals surface area (Å²) in [5.41, 5.74) is 2.69. The van der Waals surface area contributed by atoms with Crippen molar-refractivity contribution in [2.45, 2.75) is 6.92 Å². The summed E-state index contributed by atoms with van der Waals surface area (Å²) in [6.07, 6.45) is 0. The fraction of sp³-hybridized carbons (Fsp3) is 0.111. The predicted molar refractivity (Wildman–Crippen MR) is 96.4 cm³/mol. The van der Waals surface area contributed by atoms with Crippen LogP contribution in [-0.4, -0.2) is 31.6 Å². The Labute approximate surface area is 148 Å². The van der Waals surface area contributed by atoms with Crippen molar-refractivity contribution in [3.63, 3.8) is 0 Å². The maximum absolute atomic E-state index is 12.5. The van der Waals surface area contributed by atoms with Gasteiger partial charge in [-0.2, -0.15) is 10.2 Å². The van der Waals surface area contributed by atoms with Crippen LogP contribution >= 0.6 is 0 Å². The largest absolute Gasteiger partial charge is 0.508 e. The van der Waals surface area contributed by atoms with E-state index >= 15 is 0 Å². The minimum atomic E-state index is -0.601. The lowest BCUT2D eigenvalue weighted by molar-refractivity contribution is 0.0949. The third-order valence-electron chi connectivity index (χ3n) is 3.87. The lowest BCUT2D eigenvalue weighted by atomic mass is 10.1. The molecule has 0 unspecified atom stereocenters. The summed E-state index contributed by atoms with van der Waals surface area (Å²) in [4.78, 5) is 24.6. The zero-order chi connectivity index (χ0) is 18.8. The number of carbonyl (C=O) groups excluding carboxylic acids is 1. The molecule has 0 aliphatic rings. The predicted octanol–water partition coefficient (Wildman–Crippen LogP) is 1.50. The van der Waals surface area contributed by atoms with Crippen molar-refractivity contribution in [1.29, 1.82) is 0 Å². The number of rotatable bonds is 3. The fourth-order valence-corrected chi connectivity index (χ4v) is 2.53. The number of nitrogens with one attached hydrogen (secondary N) is 1. The Kier molecular flexibility index (Phi) is 4.40. The molecular weight excluding hydrogens is 336 g/mol. The number of hydrogen-bond donors (Lipinski definition) is 3. The van der Waals surface area contributed by atoms with E-state index in [1.807, 2.05) is 0 Å². The van der Waals surface area contributed by atoms with Crippen molar-refractivity contribution in [2.75, 3.05) is 0 Å². The number of nitrogens with zero attached hydrogens (tertiary/aromatic N) is 3. The Hall–Kier alpha value is -3.68. The Morgan fingerprint density at radius 1 is 1.15 bits per heavy atom. The zero-order valence-corrected chi connectivity index (χ0v) is 14.1. The van der Waals surface area contributed by atoms with Crippen molar-refractivity contribution in [1.82, 2.24) is 15.2 Å². The number of carbonyl (C=O) groups is 1. The summed E-state index contributed by atoms with van der Waals surface area (Å²) >= 11 is 0. The number of fused-ring (bicyclic) bond motifs is 1. The molecule has 0 radical (unpaired) electrons. The van der Waals surface area contributed by atoms with E-state index in [0.29, 0.717) is 16.5 Å². The van der Waals surface area contributed by atoms with E-state index in [0.717, 1.165) is 4.68 Å². The smallest absolute Gasteiger partial charge is 0.292 e. The molecule has 0 atom stereocenters. The van der Waals surface area contributed by atoms with Crippen LogP contribution in [0, 0.1) is 0 Å². The van der Waals surface area contributed by atoms with Gasteiger partial charge in [0.15, 0.2) is 5.69 Å². The summed E-state index contributed by atoms with van der Waals surface area (Å²) in [5, 5.41) is 28.1. The lowest BCUT2D eigenvalue weighted by Gasteiger charge is -2.08. The molecule has 1 amide bonds. The highest BCUT2D eigenvalue weighted by atomic mass is 16.3. The summed E-state index contributed by atoms with van der Waals surface area (Å²) in [6.45, 7) is 1.57. The van der Waals surface area contributed by atoms with E-state index in [1.54, 1.807) is 31.2 Å². The van der Waals surface area contributed by atoms with Crippen LogP contribution in [0.1, 0.15) is 23.0 Å². The number of aromatic hydroxyl groups is 2. The van der Waals surface area contributed by atoms with Gasteiger partial charge in [-0.25, -0.2) is 10.1 Å². The number of amides is 1. The van der Waals surface area contributed by atoms with Crippen molar-refractivity contribution < 1.29 is 15.0 Å². The molecule has 1 aromatic heterocycles. The number of benzene rings is 2. The third kappa shape index (κ3) is 3.12. The van der Waals surface area contributed by atoms with Crippen LogP contribution in [0.2, 0.25) is 0 Å². The molecular formula is C18H16N4O4. The fourth-order valence-electron chi connectivity index (χ4n) is 2.53. The molecule has 3 aromatic rings. The maximum atomic E-state index is 12.5. The number of hydrogen-bond acceptors (Lipinski definition) is 6. The molecule has 1 heterocycles. The summed E-state index contributed by atoms with van der Waals surface area (Å²) in [7, 11) is 1.46. The molecule has 0 saturated carbocycles. The standard InChI is InChI=1S/C18H16N4O4/c1-10(14-9-11(23)7-8-15(14)24)19-20-17(25)16-12-5-3-4-6-13(12)18(26)22(2)21-16/h3-9,23-24H,1-2H3,(H,20,25)/b19-10+. The zero-order valence-electron chi connectivity index (χ0n) is 14.1. The number of aromatic nitrogens is 2. The van der Waals surface area contributed by atoms with E-state index in [1.165, 1.54) is 25.2 Å². The van der Waals surface area contributed by atoms with Crippen molar-refractivity contribution >= 4 is 22.4 Å². The Morgan fingerprint density at radius 2 is 1.85 bits per heavy atom. The number of hydrazone groups is 1. The summed E-state index contributed by atoms with van der Waals surface area (Å²) < 4.78 is 1.09. The van der Waals surface area contributed by atoms with E-state index < -0.39 is 5.91 Å². The molecule has 0 spiro atoms. The Morgan fingerprint density at radius 3 is 2.58 bits per heavy atom. The molecule has 0 fully saturated rings. The number of phenols is 2. The maximum Gasteiger partial charge on any atom is 0.292 e. The first-order valence-corrected chi connectivity index (χ1v) is 7.71. The average Bonchev–Trinajstić information content (AvgIpc) is 2.64. The van der Waals surface area contributed by atoms with Crippen LogP contribution in [0.5, 0.6) is 11.5 Å². The normalized spacial score (nSPS) is 11.5. The monoisotopic (exact) mass is 352 g/mol. The highest BCUT2D eigenvalue weighted by Gasteiger charge is 2.15. The number of phenolic OH excluding ortho intramolecular Hbond substituents is 2. The molecule has 2 aromatic carbocycles. The summed E-state index contributed by atoms with van der Waals surface area (Å²) in [6, 6.07) is 10.7. The van der Waals surface area contributed by atoms with Gasteiger partial charge in [0.05, 0.1) is 11.1 Å². The SMILES string of the molecule is C/C(=N\NC(=O)c1nn(C)c(=O)c2ccccc12)c1cc(O)ccc1O. The topological polar surface area (TPSA) is 117 Å². The molecule has 0 aliphatic heterocycles. The first kappa shape index (κ1) is 17.2. The van der Waals surface area contributed by atoms with Gasteiger partial charge >= 0.3 is 0 Å². The molecule has 8 heteroatoms. The van der Waals surface area contributed by atoms with E-state index in [2.05, 4.69) is 15.6 Å². The van der Waals surface area contributed by atoms with Crippen LogP contribution in [0.25, 0.3) is 10.8 Å². The van der Waals surface area contributed by atoms with Gasteiger partial charge in [-0.3, -0.25) is 9.59 Å². The molecule has 0 bridgehead atoms. The average molecular weight is 352 g/mol. The van der Waals surface area contributed by atoms with Crippen LogP contribution in [0.4, 0.5) is 0 Å². The van der Waals surface area contributed by atoms with Crippen molar-refractivity contribution in [3.8, 4) is 11.5 Å². The summed E-state index contributed by atoms with van der Waals surface area (Å²) in [5.74, 6) is -0.718. The van der Waals surface area contributed by atoms with Gasteiger partial charge in [-0.15, -0.1) is 0 Å². The van der Waals surface area contributed by atoms with Gasteiger partial charge in [0, 0.05) is 18.0 Å². The van der Waals surface area contributed by atoms with E-state index in [9.17, 15) is 19.8 Å². The van der Waals surface area contributed by atoms with Gasteiger partial charge in [0.1, 0.15) is 11.5 Å². The second-order valence-corrected chi connectivity index (χ2v) is 5.66. The highest BCUT2D eigenvalue weighted by molar-refractivity contribution is 6.06. The van der Waals surface area contributed by atoms with Crippen LogP contribution in [-0.2, 0) is 7.05 Å². The first-order chi connectivity index (χ1) is 12.4. The highest BCUT2D eigenvalue weighted by Crippen LogP contribution is 2.22. The van der Waals surface area contributed by atoms with Crippen molar-refractivity contribution in [2.24, 2.45) is 12.1 Å². The molecule has 26 heavy (non-hydrogen) atoms. The van der Waals surface area contributed by atoms with Gasteiger partial charge in [0.2, 0.25) is 0 Å². The molecule has 3 N–H and O–H groups in total. The van der Waals surface area contributed by atoms with Gasteiger partial charge in [0.25, 0.3) is 11.5 Å². The molecule has 8 nitrogen and oxygen atoms in total. The molecule has 3 rings (SSSR count). The number of aryl methyl sites for hydroxylation is 1. The third-order valence-corrected chi connectivity index (χ3v) is 3.87. The lowest BCUT2D eigenvalue weighted by Crippen LogP contribution is -2.27. The van der Waals surface area contributed by atoms with Gasteiger partial charge < -0.3 is 10.2 Å². The molecule has 0 aliphatic carbocycles. The molecule has 132 valence electrons. The van der Waals surface area contributed by atoms with Crippen LogP contribution < -0.4 is 11.0 Å². The van der Waals surface area contributed by atoms with Crippen LogP contribution in [0.3, 0.4) is 0 Å². The van der Waals surface area contributed by atoms with E-state index in [-0.39, 0.29) is 28.3 Å². The second kappa shape index (κ2) is 6.67. The minimum Gasteiger partial charge on any atom is -0.508 e. The Balaban J connectivity index is 1.96. The first-order valence-electron chi connectivity index (χ1n) is 7.71. The minimum absolute atomic E-state index is 0.0376. The van der Waals surface area contributed by atoms with Gasteiger partial charge in [-0.1, -0.05) is 18.2 Å². The van der Waals surface area contributed by atoms with Gasteiger partial charge in [-0.05, 0) is 31.2 Å².